The van der Waals surface area contributed by atoms with E-state index < -0.39 is 29.9 Å². The maximum Gasteiger partial charge on any atom is 0.334 e. The van der Waals surface area contributed by atoms with E-state index in [1.807, 2.05) is 0 Å². The number of carbonyl (C=O) groups is 2. The molecule has 5 aliphatic rings. The first-order chi connectivity index (χ1) is 17.2. The molecule has 1 heterocycles. The van der Waals surface area contributed by atoms with Gasteiger partial charge in [-0.3, -0.25) is 4.79 Å². The molecule has 0 aromatic carbocycles. The number of aliphatic hydroxyl groups is 3. The molecule has 5 fully saturated rings. The lowest BCUT2D eigenvalue weighted by Crippen LogP contribution is -2.61. The smallest absolute Gasteiger partial charge is 0.334 e. The molecule has 7 nitrogen and oxygen atoms in total. The lowest BCUT2D eigenvalue weighted by molar-refractivity contribution is -0.191. The van der Waals surface area contributed by atoms with E-state index in [1.165, 1.54) is 6.92 Å². The zero-order valence-electron chi connectivity index (χ0n) is 23.3. The highest BCUT2D eigenvalue weighted by molar-refractivity contribution is 5.91. The lowest BCUT2D eigenvalue weighted by atomic mass is 9.42. The summed E-state index contributed by atoms with van der Waals surface area (Å²) in [5.41, 5.74) is 0.0196. The van der Waals surface area contributed by atoms with Gasteiger partial charge in [-0.1, -0.05) is 20.8 Å². The summed E-state index contributed by atoms with van der Waals surface area (Å²) in [5.74, 6) is 0.0774. The van der Waals surface area contributed by atoms with Crippen LogP contribution >= 0.6 is 0 Å². The second-order valence-electron chi connectivity index (χ2n) is 14.0. The van der Waals surface area contributed by atoms with Crippen LogP contribution in [0.2, 0.25) is 0 Å². The van der Waals surface area contributed by atoms with E-state index in [0.29, 0.717) is 37.2 Å². The van der Waals surface area contributed by atoms with Gasteiger partial charge in [0.1, 0.15) is 12.2 Å². The van der Waals surface area contributed by atoms with Crippen LogP contribution in [-0.4, -0.2) is 57.3 Å². The largest absolute Gasteiger partial charge is 0.458 e. The van der Waals surface area contributed by atoms with Crippen LogP contribution in [-0.2, 0) is 19.1 Å². The summed E-state index contributed by atoms with van der Waals surface area (Å²) < 4.78 is 11.6. The third-order valence-corrected chi connectivity index (χ3v) is 11.5. The van der Waals surface area contributed by atoms with Crippen LogP contribution in [0.1, 0.15) is 92.9 Å². The minimum atomic E-state index is -1.13. The van der Waals surface area contributed by atoms with Crippen molar-refractivity contribution in [2.75, 3.05) is 0 Å². The average molecular weight is 519 g/mol. The average Bonchev–Trinajstić information content (AvgIpc) is 3.07. The number of carbonyl (C=O) groups excluding carboxylic acids is 2. The Morgan fingerprint density at radius 3 is 2.35 bits per heavy atom. The van der Waals surface area contributed by atoms with Crippen LogP contribution in [0.5, 0.6) is 0 Å². The molecule has 4 saturated carbocycles. The minimum Gasteiger partial charge on any atom is -0.458 e. The summed E-state index contributed by atoms with van der Waals surface area (Å²) in [6, 6.07) is 0. The molecule has 37 heavy (non-hydrogen) atoms. The summed E-state index contributed by atoms with van der Waals surface area (Å²) in [4.78, 5) is 25.5. The standard InChI is InChI=1S/C30H46O7/c1-15-18-8-9-19-26(29(18,5)12-11-21(15)32)22(33)13-20-25(23(36-16(2)31)14-30(19,20)6)17-7-10-24(28(3,4)35)37-27(17)34/h15,18-24,26,32-33,35H,7-14H2,1-6H3/b25-17-/t15-,18-,19?,20-,21+,22?,23-,24?,26-,29-,30+/m0/s1. The fraction of sp³-hybridized carbons (Fsp3) is 0.867. The number of cyclic esters (lactones) is 1. The number of rotatable bonds is 2. The highest BCUT2D eigenvalue weighted by Gasteiger charge is 2.66. The van der Waals surface area contributed by atoms with Gasteiger partial charge in [0.15, 0.2) is 0 Å². The van der Waals surface area contributed by atoms with Gasteiger partial charge in [-0.25, -0.2) is 4.79 Å². The molecule has 3 unspecified atom stereocenters. The molecule has 1 aliphatic heterocycles. The van der Waals surface area contributed by atoms with Crippen molar-refractivity contribution in [2.24, 2.45) is 40.4 Å². The van der Waals surface area contributed by atoms with Crippen LogP contribution in [0.3, 0.4) is 0 Å². The monoisotopic (exact) mass is 518 g/mol. The summed E-state index contributed by atoms with van der Waals surface area (Å²) in [7, 11) is 0. The fourth-order valence-corrected chi connectivity index (χ4v) is 9.76. The third-order valence-electron chi connectivity index (χ3n) is 11.5. The van der Waals surface area contributed by atoms with Gasteiger partial charge in [0.25, 0.3) is 0 Å². The van der Waals surface area contributed by atoms with Crippen molar-refractivity contribution in [3.8, 4) is 0 Å². The molecular weight excluding hydrogens is 472 g/mol. The summed E-state index contributed by atoms with van der Waals surface area (Å²) in [5, 5.41) is 32.8. The predicted octanol–water partition coefficient (Wildman–Crippen LogP) is 3.92. The second kappa shape index (κ2) is 9.06. The molecule has 4 aliphatic carbocycles. The molecular formula is C30H46O7. The molecule has 0 aromatic heterocycles. The highest BCUT2D eigenvalue weighted by atomic mass is 16.6. The quantitative estimate of drug-likeness (QED) is 0.375. The first kappa shape index (κ1) is 27.1. The normalized spacial score (nSPS) is 50.0. The van der Waals surface area contributed by atoms with Crippen molar-refractivity contribution < 1.29 is 34.4 Å². The van der Waals surface area contributed by atoms with E-state index in [0.717, 1.165) is 31.3 Å². The van der Waals surface area contributed by atoms with Gasteiger partial charge < -0.3 is 24.8 Å². The Morgan fingerprint density at radius 1 is 1.05 bits per heavy atom. The Kier molecular flexibility index (Phi) is 6.64. The van der Waals surface area contributed by atoms with Crippen molar-refractivity contribution in [3.05, 3.63) is 11.1 Å². The van der Waals surface area contributed by atoms with Crippen molar-refractivity contribution in [1.82, 2.24) is 0 Å². The number of aliphatic hydroxyl groups excluding tert-OH is 2. The molecule has 0 spiro atoms. The van der Waals surface area contributed by atoms with Crippen LogP contribution in [0.4, 0.5) is 0 Å². The highest BCUT2D eigenvalue weighted by Crippen LogP contribution is 2.69. The van der Waals surface area contributed by atoms with Crippen molar-refractivity contribution in [2.45, 2.75) is 123 Å². The Hall–Kier alpha value is -1.44. The van der Waals surface area contributed by atoms with E-state index >= 15 is 0 Å². The molecule has 208 valence electrons. The third kappa shape index (κ3) is 4.19. The van der Waals surface area contributed by atoms with Gasteiger partial charge in [0.2, 0.25) is 0 Å². The second-order valence-corrected chi connectivity index (χ2v) is 14.0. The predicted molar refractivity (Wildman–Crippen MR) is 137 cm³/mol. The number of hydrogen-bond donors (Lipinski definition) is 3. The Morgan fingerprint density at radius 2 is 1.73 bits per heavy atom. The van der Waals surface area contributed by atoms with Gasteiger partial charge in [-0.05, 0) is 111 Å². The fourth-order valence-electron chi connectivity index (χ4n) is 9.76. The number of ether oxygens (including phenoxy) is 2. The lowest BCUT2D eigenvalue weighted by Gasteiger charge is -2.64. The molecule has 7 heteroatoms. The molecule has 0 amide bonds. The zero-order valence-corrected chi connectivity index (χ0v) is 23.3. The number of fused-ring (bicyclic) bond motifs is 5. The maximum atomic E-state index is 13.3. The van der Waals surface area contributed by atoms with Crippen LogP contribution in [0.15, 0.2) is 11.1 Å². The molecule has 5 rings (SSSR count). The first-order valence-corrected chi connectivity index (χ1v) is 14.4. The SMILES string of the molecule is CC(=O)O[C@H]1C[C@]2(C)C3CC[C@H]4[C@H](C)[C@H](O)CC[C@]4(C)[C@@H]3C(O)C[C@H]2/C1=C1\CCC(C(C)(C)O)OC1=O. The van der Waals surface area contributed by atoms with Gasteiger partial charge in [-0.2, -0.15) is 0 Å². The molecule has 11 atom stereocenters. The summed E-state index contributed by atoms with van der Waals surface area (Å²) >= 11 is 0. The molecule has 0 aromatic rings. The van der Waals surface area contributed by atoms with Crippen LogP contribution < -0.4 is 0 Å². The first-order valence-electron chi connectivity index (χ1n) is 14.4. The topological polar surface area (TPSA) is 113 Å². The van der Waals surface area contributed by atoms with Gasteiger partial charge in [0, 0.05) is 12.5 Å². The van der Waals surface area contributed by atoms with E-state index in [1.54, 1.807) is 13.8 Å². The Balaban J connectivity index is 1.53. The van der Waals surface area contributed by atoms with Crippen molar-refractivity contribution in [1.29, 1.82) is 0 Å². The summed E-state index contributed by atoms with van der Waals surface area (Å²) in [6.07, 6.45) is 3.94. The number of esters is 2. The minimum absolute atomic E-state index is 0.0501. The Labute approximate surface area is 221 Å². The van der Waals surface area contributed by atoms with Crippen molar-refractivity contribution >= 4 is 11.9 Å². The van der Waals surface area contributed by atoms with E-state index in [4.69, 9.17) is 9.47 Å². The van der Waals surface area contributed by atoms with Gasteiger partial charge in [0.05, 0.1) is 17.8 Å². The molecule has 1 saturated heterocycles. The van der Waals surface area contributed by atoms with E-state index in [9.17, 15) is 24.9 Å². The molecule has 3 N–H and O–H groups in total. The molecule has 0 radical (unpaired) electrons. The van der Waals surface area contributed by atoms with Gasteiger partial charge in [-0.15, -0.1) is 0 Å². The van der Waals surface area contributed by atoms with E-state index in [2.05, 4.69) is 20.8 Å². The van der Waals surface area contributed by atoms with Crippen LogP contribution in [0.25, 0.3) is 0 Å². The number of hydrogen-bond acceptors (Lipinski definition) is 7. The zero-order chi connectivity index (χ0) is 27.1. The van der Waals surface area contributed by atoms with Crippen LogP contribution in [0, 0.1) is 40.4 Å². The molecule has 0 bridgehead atoms. The van der Waals surface area contributed by atoms with E-state index in [-0.39, 0.29) is 46.6 Å². The Bertz CT molecular complexity index is 981. The summed E-state index contributed by atoms with van der Waals surface area (Å²) in [6.45, 7) is 11.5. The van der Waals surface area contributed by atoms with Crippen molar-refractivity contribution in [3.63, 3.8) is 0 Å². The maximum absolute atomic E-state index is 13.3. The van der Waals surface area contributed by atoms with Gasteiger partial charge >= 0.3 is 11.9 Å².